The fourth-order valence-corrected chi connectivity index (χ4v) is 2.82. The Balaban J connectivity index is 2.04. The molecule has 136 valence electrons. The molecule has 25 heavy (non-hydrogen) atoms. The summed E-state index contributed by atoms with van der Waals surface area (Å²) >= 11 is 3.65. The summed E-state index contributed by atoms with van der Waals surface area (Å²) in [4.78, 5) is 2.16. The van der Waals surface area contributed by atoms with Gasteiger partial charge in [-0.25, -0.2) is 0 Å². The molecule has 0 spiro atoms. The minimum atomic E-state index is 0.522. The first-order valence-corrected chi connectivity index (χ1v) is 9.36. The van der Waals surface area contributed by atoms with Gasteiger partial charge in [-0.1, -0.05) is 46.3 Å². The highest BCUT2D eigenvalue weighted by Crippen LogP contribution is 2.34. The Morgan fingerprint density at radius 2 is 1.76 bits per heavy atom. The van der Waals surface area contributed by atoms with Gasteiger partial charge < -0.3 is 19.7 Å². The molecule has 4 nitrogen and oxygen atoms in total. The van der Waals surface area contributed by atoms with Crippen LogP contribution in [0.5, 0.6) is 11.5 Å². The van der Waals surface area contributed by atoms with Crippen LogP contribution in [0.4, 0.5) is 0 Å². The van der Waals surface area contributed by atoms with E-state index in [9.17, 15) is 0 Å². The molecule has 0 amide bonds. The van der Waals surface area contributed by atoms with Gasteiger partial charge >= 0.3 is 0 Å². The summed E-state index contributed by atoms with van der Waals surface area (Å²) < 4.78 is 12.8. The highest BCUT2D eigenvalue weighted by Gasteiger charge is 2.11. The van der Waals surface area contributed by atoms with Crippen molar-refractivity contribution in [3.05, 3.63) is 58.1 Å². The molecule has 2 rings (SSSR count). The lowest BCUT2D eigenvalue weighted by Gasteiger charge is -2.16. The summed E-state index contributed by atoms with van der Waals surface area (Å²) in [6, 6.07) is 14.2. The molecule has 0 aliphatic rings. The van der Waals surface area contributed by atoms with Gasteiger partial charge in [0, 0.05) is 24.1 Å². The van der Waals surface area contributed by atoms with E-state index >= 15 is 0 Å². The van der Waals surface area contributed by atoms with Crippen LogP contribution in [0.25, 0.3) is 0 Å². The first-order chi connectivity index (χ1) is 12.1. The second-order valence-electron chi connectivity index (χ2n) is 6.08. The highest BCUT2D eigenvalue weighted by atomic mass is 79.9. The van der Waals surface area contributed by atoms with Gasteiger partial charge in [0.05, 0.1) is 6.61 Å². The van der Waals surface area contributed by atoms with Gasteiger partial charge in [0.15, 0.2) is 11.5 Å². The third-order valence-corrected chi connectivity index (χ3v) is 4.44. The number of halogens is 1. The monoisotopic (exact) mass is 406 g/mol. The quantitative estimate of drug-likeness (QED) is 0.602. The summed E-state index contributed by atoms with van der Waals surface area (Å²) in [6.07, 6.45) is 0. The normalized spacial score (nSPS) is 10.9. The molecular weight excluding hydrogens is 380 g/mol. The summed E-state index contributed by atoms with van der Waals surface area (Å²) in [5.74, 6) is 1.54. The van der Waals surface area contributed by atoms with Crippen molar-refractivity contribution in [2.24, 2.45) is 0 Å². The molecule has 0 aliphatic carbocycles. The van der Waals surface area contributed by atoms with Crippen LogP contribution in [0.15, 0.2) is 46.9 Å². The zero-order chi connectivity index (χ0) is 18.1. The fraction of sp³-hybridized carbons (Fsp3) is 0.400. The molecule has 0 heterocycles. The zero-order valence-electron chi connectivity index (χ0n) is 15.2. The van der Waals surface area contributed by atoms with Gasteiger partial charge in [-0.05, 0) is 44.3 Å². The first kappa shape index (κ1) is 19.8. The van der Waals surface area contributed by atoms with Crippen molar-refractivity contribution < 1.29 is 9.47 Å². The zero-order valence-corrected chi connectivity index (χ0v) is 16.8. The van der Waals surface area contributed by atoms with Crippen molar-refractivity contribution >= 4 is 15.9 Å². The fourth-order valence-electron chi connectivity index (χ4n) is 2.35. The van der Waals surface area contributed by atoms with E-state index in [0.29, 0.717) is 13.2 Å². The maximum atomic E-state index is 5.99. The maximum absolute atomic E-state index is 5.99. The summed E-state index contributed by atoms with van der Waals surface area (Å²) in [5.41, 5.74) is 2.30. The van der Waals surface area contributed by atoms with Crippen LogP contribution in [-0.4, -0.2) is 38.7 Å². The van der Waals surface area contributed by atoms with E-state index in [0.717, 1.165) is 46.7 Å². The molecule has 0 aliphatic heterocycles. The number of rotatable bonds is 10. The van der Waals surface area contributed by atoms with E-state index in [2.05, 4.69) is 58.4 Å². The van der Waals surface area contributed by atoms with Gasteiger partial charge in [0.2, 0.25) is 0 Å². The topological polar surface area (TPSA) is 33.7 Å². The second kappa shape index (κ2) is 10.4. The highest BCUT2D eigenvalue weighted by molar-refractivity contribution is 9.10. The standard InChI is InChI=1S/C20H27BrN2O2/c1-4-24-19-12-17(14-22-10-11-23(2)3)18(21)13-20(19)25-15-16-8-6-5-7-9-16/h5-9,12-13,22H,4,10-11,14-15H2,1-3H3. The van der Waals surface area contributed by atoms with Crippen LogP contribution in [0.1, 0.15) is 18.1 Å². The van der Waals surface area contributed by atoms with Crippen molar-refractivity contribution in [2.75, 3.05) is 33.8 Å². The number of ether oxygens (including phenoxy) is 2. The van der Waals surface area contributed by atoms with Gasteiger partial charge in [0.1, 0.15) is 6.61 Å². The SMILES string of the molecule is CCOc1cc(CNCCN(C)C)c(Br)cc1OCc1ccccc1. The summed E-state index contributed by atoms with van der Waals surface area (Å²) in [7, 11) is 4.15. The van der Waals surface area contributed by atoms with Crippen molar-refractivity contribution in [3.8, 4) is 11.5 Å². The van der Waals surface area contributed by atoms with Crippen molar-refractivity contribution in [1.82, 2.24) is 10.2 Å². The van der Waals surface area contributed by atoms with Crippen molar-refractivity contribution in [3.63, 3.8) is 0 Å². The molecule has 0 aromatic heterocycles. The van der Waals surface area contributed by atoms with Crippen molar-refractivity contribution in [1.29, 1.82) is 0 Å². The third-order valence-electron chi connectivity index (χ3n) is 3.70. The van der Waals surface area contributed by atoms with Crippen LogP contribution in [0.3, 0.4) is 0 Å². The predicted octanol–water partition coefficient (Wildman–Crippen LogP) is 4.08. The van der Waals surface area contributed by atoms with Crippen LogP contribution in [0, 0.1) is 0 Å². The van der Waals surface area contributed by atoms with Crippen LogP contribution < -0.4 is 14.8 Å². The average molecular weight is 407 g/mol. The lowest BCUT2D eigenvalue weighted by atomic mass is 10.2. The number of hydrogen-bond acceptors (Lipinski definition) is 4. The van der Waals surface area contributed by atoms with E-state index in [-0.39, 0.29) is 0 Å². The minimum absolute atomic E-state index is 0.522. The van der Waals surface area contributed by atoms with E-state index < -0.39 is 0 Å². The van der Waals surface area contributed by atoms with Crippen molar-refractivity contribution in [2.45, 2.75) is 20.1 Å². The Morgan fingerprint density at radius 1 is 1.04 bits per heavy atom. The van der Waals surface area contributed by atoms with Crippen LogP contribution >= 0.6 is 15.9 Å². The summed E-state index contributed by atoms with van der Waals surface area (Å²) in [6.45, 7) is 5.85. The Hall–Kier alpha value is -1.56. The maximum Gasteiger partial charge on any atom is 0.162 e. The van der Waals surface area contributed by atoms with E-state index in [1.807, 2.05) is 31.2 Å². The first-order valence-electron chi connectivity index (χ1n) is 8.57. The molecule has 0 fully saturated rings. The van der Waals surface area contributed by atoms with E-state index in [1.54, 1.807) is 0 Å². The average Bonchev–Trinajstić information content (AvgIpc) is 2.60. The van der Waals surface area contributed by atoms with E-state index in [4.69, 9.17) is 9.47 Å². The Morgan fingerprint density at radius 3 is 2.44 bits per heavy atom. The molecule has 0 radical (unpaired) electrons. The number of nitrogens with one attached hydrogen (secondary N) is 1. The van der Waals surface area contributed by atoms with Gasteiger partial charge in [0.25, 0.3) is 0 Å². The molecule has 1 N–H and O–H groups in total. The molecular formula is C20H27BrN2O2. The molecule has 0 unspecified atom stereocenters. The predicted molar refractivity (Wildman–Crippen MR) is 106 cm³/mol. The van der Waals surface area contributed by atoms with Crippen LogP contribution in [0.2, 0.25) is 0 Å². The third kappa shape index (κ3) is 6.69. The minimum Gasteiger partial charge on any atom is -0.490 e. The smallest absolute Gasteiger partial charge is 0.162 e. The second-order valence-corrected chi connectivity index (χ2v) is 6.93. The van der Waals surface area contributed by atoms with Gasteiger partial charge in [-0.15, -0.1) is 0 Å². The molecule has 2 aromatic rings. The molecule has 0 saturated heterocycles. The molecule has 0 atom stereocenters. The largest absolute Gasteiger partial charge is 0.490 e. The van der Waals surface area contributed by atoms with Gasteiger partial charge in [-0.3, -0.25) is 0 Å². The number of likely N-dealkylation sites (N-methyl/N-ethyl adjacent to an activating group) is 1. The molecule has 2 aromatic carbocycles. The summed E-state index contributed by atoms with van der Waals surface area (Å²) in [5, 5.41) is 3.45. The molecule has 5 heteroatoms. The Bertz CT molecular complexity index is 648. The van der Waals surface area contributed by atoms with Gasteiger partial charge in [-0.2, -0.15) is 0 Å². The lowest BCUT2D eigenvalue weighted by Crippen LogP contribution is -2.26. The number of nitrogens with zero attached hydrogens (tertiary/aromatic N) is 1. The molecule has 0 saturated carbocycles. The molecule has 0 bridgehead atoms. The Kier molecular flexibility index (Phi) is 8.25. The number of hydrogen-bond donors (Lipinski definition) is 1. The number of benzene rings is 2. The Labute approximate surface area is 159 Å². The van der Waals surface area contributed by atoms with E-state index in [1.165, 1.54) is 0 Å². The van der Waals surface area contributed by atoms with Crippen LogP contribution in [-0.2, 0) is 13.2 Å². The lowest BCUT2D eigenvalue weighted by molar-refractivity contribution is 0.269.